The van der Waals surface area contributed by atoms with E-state index in [1.54, 1.807) is 11.6 Å². The lowest BCUT2D eigenvalue weighted by atomic mass is 9.95. The van der Waals surface area contributed by atoms with Crippen LogP contribution in [-0.4, -0.2) is 37.0 Å². The first-order valence-corrected chi connectivity index (χ1v) is 8.44. The molecule has 1 atom stereocenters. The lowest BCUT2D eigenvalue weighted by Gasteiger charge is -2.25. The molecule has 7 heteroatoms. The fraction of sp³-hybridized carbons (Fsp3) is 0.706. The average Bonchev–Trinajstić information content (AvgIpc) is 2.88. The number of aromatic nitrogens is 4. The number of fused-ring (bicyclic) bond motifs is 1. The van der Waals surface area contributed by atoms with Gasteiger partial charge in [-0.2, -0.15) is 10.1 Å². The molecule has 2 aromatic rings. The van der Waals surface area contributed by atoms with Crippen molar-refractivity contribution >= 4 is 17.0 Å². The fourth-order valence-corrected chi connectivity index (χ4v) is 2.46. The van der Waals surface area contributed by atoms with Gasteiger partial charge >= 0.3 is 0 Å². The predicted molar refractivity (Wildman–Crippen MR) is 96.3 cm³/mol. The number of hydrogen-bond donors (Lipinski definition) is 3. The molecule has 7 nitrogen and oxygen atoms in total. The van der Waals surface area contributed by atoms with Crippen molar-refractivity contribution in [2.24, 2.45) is 5.92 Å². The zero-order chi connectivity index (χ0) is 18.1. The van der Waals surface area contributed by atoms with Gasteiger partial charge in [0, 0.05) is 6.54 Å². The van der Waals surface area contributed by atoms with Crippen LogP contribution < -0.4 is 10.9 Å². The summed E-state index contributed by atoms with van der Waals surface area (Å²) in [5, 5.41) is 18.2. The van der Waals surface area contributed by atoms with Crippen LogP contribution in [0.5, 0.6) is 0 Å². The molecule has 0 fully saturated rings. The third-order valence-corrected chi connectivity index (χ3v) is 3.97. The van der Waals surface area contributed by atoms with Gasteiger partial charge in [-0.1, -0.05) is 13.8 Å². The molecule has 0 aliphatic rings. The van der Waals surface area contributed by atoms with E-state index in [1.807, 2.05) is 20.8 Å². The molecule has 0 bridgehead atoms. The average molecular weight is 335 g/mol. The number of anilines is 1. The molecular formula is C17H29N5O2. The zero-order valence-corrected chi connectivity index (χ0v) is 15.5. The highest BCUT2D eigenvalue weighted by molar-refractivity contribution is 5.74. The first-order valence-electron chi connectivity index (χ1n) is 8.44. The maximum absolute atomic E-state index is 12.2. The molecule has 24 heavy (non-hydrogen) atoms. The highest BCUT2D eigenvalue weighted by Gasteiger charge is 2.22. The summed E-state index contributed by atoms with van der Waals surface area (Å²) >= 11 is 0. The van der Waals surface area contributed by atoms with Crippen molar-refractivity contribution in [1.82, 2.24) is 19.7 Å². The largest absolute Gasteiger partial charge is 0.388 e. The standard InChI is InChI=1S/C17H29N5O2/c1-11(2)7-8-17(6,24)10-18-15-20-13-12(14(23)21-15)9-19-22(13)16(3,4)5/h9,11,24H,7-8,10H2,1-6H3,(H2,18,20,21,23). The molecule has 2 heterocycles. The maximum Gasteiger partial charge on any atom is 0.263 e. The Morgan fingerprint density at radius 1 is 1.33 bits per heavy atom. The summed E-state index contributed by atoms with van der Waals surface area (Å²) in [7, 11) is 0. The normalized spacial score (nSPS) is 15.0. The van der Waals surface area contributed by atoms with Crippen LogP contribution in [0.15, 0.2) is 11.0 Å². The van der Waals surface area contributed by atoms with E-state index in [1.165, 1.54) is 6.20 Å². The van der Waals surface area contributed by atoms with Crippen molar-refractivity contribution in [2.75, 3.05) is 11.9 Å². The van der Waals surface area contributed by atoms with Crippen LogP contribution in [-0.2, 0) is 5.54 Å². The Morgan fingerprint density at radius 2 is 2.00 bits per heavy atom. The monoisotopic (exact) mass is 335 g/mol. The third kappa shape index (κ3) is 4.35. The second-order valence-corrected chi connectivity index (χ2v) is 8.16. The molecule has 0 spiro atoms. The number of hydrogen-bond acceptors (Lipinski definition) is 5. The van der Waals surface area contributed by atoms with Gasteiger partial charge in [0.1, 0.15) is 5.39 Å². The fourth-order valence-electron chi connectivity index (χ4n) is 2.46. The van der Waals surface area contributed by atoms with Gasteiger partial charge < -0.3 is 10.4 Å². The Labute approximate surface area is 142 Å². The molecule has 134 valence electrons. The molecule has 3 N–H and O–H groups in total. The van der Waals surface area contributed by atoms with Crippen molar-refractivity contribution in [1.29, 1.82) is 0 Å². The summed E-state index contributed by atoms with van der Waals surface area (Å²) in [6.07, 6.45) is 3.16. The predicted octanol–water partition coefficient (Wildman–Crippen LogP) is 2.47. The molecular weight excluding hydrogens is 306 g/mol. The summed E-state index contributed by atoms with van der Waals surface area (Å²) in [5.41, 5.74) is -0.833. The first kappa shape index (κ1) is 18.4. The van der Waals surface area contributed by atoms with Gasteiger partial charge in [-0.05, 0) is 46.5 Å². The second-order valence-electron chi connectivity index (χ2n) is 8.16. The minimum absolute atomic E-state index is 0.236. The smallest absolute Gasteiger partial charge is 0.263 e. The quantitative estimate of drug-likeness (QED) is 0.754. The Bertz CT molecular complexity index is 752. The third-order valence-electron chi connectivity index (χ3n) is 3.97. The molecule has 0 aromatic carbocycles. The van der Waals surface area contributed by atoms with Crippen molar-refractivity contribution in [3.63, 3.8) is 0 Å². The molecule has 2 aromatic heterocycles. The summed E-state index contributed by atoms with van der Waals surface area (Å²) < 4.78 is 1.74. The number of nitrogens with zero attached hydrogens (tertiary/aromatic N) is 3. The molecule has 0 aliphatic carbocycles. The van der Waals surface area contributed by atoms with Gasteiger partial charge in [0.15, 0.2) is 5.65 Å². The SMILES string of the molecule is CC(C)CCC(C)(O)CNc1nc2c(cnn2C(C)(C)C)c(=O)[nH]1. The topological polar surface area (TPSA) is 95.8 Å². The summed E-state index contributed by atoms with van der Waals surface area (Å²) in [4.78, 5) is 19.4. The first-order chi connectivity index (χ1) is 11.0. The van der Waals surface area contributed by atoms with Gasteiger partial charge in [0.05, 0.1) is 17.3 Å². The van der Waals surface area contributed by atoms with Crippen LogP contribution in [0.3, 0.4) is 0 Å². The molecule has 0 radical (unpaired) electrons. The Hall–Kier alpha value is -1.89. The minimum atomic E-state index is -0.859. The van der Waals surface area contributed by atoms with Crippen LogP contribution in [0.1, 0.15) is 54.4 Å². The number of H-pyrrole nitrogens is 1. The highest BCUT2D eigenvalue weighted by atomic mass is 16.3. The van der Waals surface area contributed by atoms with Crippen molar-refractivity contribution in [3.8, 4) is 0 Å². The maximum atomic E-state index is 12.2. The van der Waals surface area contributed by atoms with Gasteiger partial charge in [0.25, 0.3) is 5.56 Å². The van der Waals surface area contributed by atoms with E-state index < -0.39 is 5.60 Å². The molecule has 0 saturated carbocycles. The minimum Gasteiger partial charge on any atom is -0.388 e. The Kier molecular flexibility index (Phi) is 5.03. The molecule has 2 rings (SSSR count). The summed E-state index contributed by atoms with van der Waals surface area (Å²) in [6, 6.07) is 0. The van der Waals surface area contributed by atoms with E-state index in [0.717, 1.165) is 6.42 Å². The van der Waals surface area contributed by atoms with Gasteiger partial charge in [0.2, 0.25) is 5.95 Å². The van der Waals surface area contributed by atoms with Crippen LogP contribution in [0.2, 0.25) is 0 Å². The van der Waals surface area contributed by atoms with Crippen molar-refractivity contribution in [2.45, 2.75) is 65.5 Å². The number of aromatic amines is 1. The Balaban J connectivity index is 2.22. The zero-order valence-electron chi connectivity index (χ0n) is 15.5. The number of aliphatic hydroxyl groups is 1. The molecule has 1 unspecified atom stereocenters. The van der Waals surface area contributed by atoms with E-state index in [0.29, 0.717) is 35.9 Å². The van der Waals surface area contributed by atoms with Crippen molar-refractivity contribution < 1.29 is 5.11 Å². The molecule has 0 amide bonds. The van der Waals surface area contributed by atoms with E-state index >= 15 is 0 Å². The highest BCUT2D eigenvalue weighted by Crippen LogP contribution is 2.20. The lowest BCUT2D eigenvalue weighted by molar-refractivity contribution is 0.0584. The van der Waals surface area contributed by atoms with Crippen molar-refractivity contribution in [3.05, 3.63) is 16.6 Å². The second kappa shape index (κ2) is 6.55. The van der Waals surface area contributed by atoms with Crippen LogP contribution in [0.25, 0.3) is 11.0 Å². The van der Waals surface area contributed by atoms with Gasteiger partial charge in [-0.3, -0.25) is 9.78 Å². The summed E-state index contributed by atoms with van der Waals surface area (Å²) in [5.74, 6) is 0.884. The van der Waals surface area contributed by atoms with Gasteiger partial charge in [-0.25, -0.2) is 4.68 Å². The van der Waals surface area contributed by atoms with Crippen LogP contribution >= 0.6 is 0 Å². The lowest BCUT2D eigenvalue weighted by Crippen LogP contribution is -2.34. The van der Waals surface area contributed by atoms with Gasteiger partial charge in [-0.15, -0.1) is 0 Å². The van der Waals surface area contributed by atoms with E-state index in [2.05, 4.69) is 34.2 Å². The molecule has 0 aliphatic heterocycles. The summed E-state index contributed by atoms with van der Waals surface area (Å²) in [6.45, 7) is 12.4. The van der Waals surface area contributed by atoms with E-state index in [-0.39, 0.29) is 11.1 Å². The van der Waals surface area contributed by atoms with E-state index in [9.17, 15) is 9.90 Å². The van der Waals surface area contributed by atoms with Crippen LogP contribution in [0.4, 0.5) is 5.95 Å². The van der Waals surface area contributed by atoms with Crippen LogP contribution in [0, 0.1) is 5.92 Å². The molecule has 0 saturated heterocycles. The van der Waals surface area contributed by atoms with E-state index in [4.69, 9.17) is 0 Å². The number of nitrogens with one attached hydrogen (secondary N) is 2. The number of rotatable bonds is 6. The Morgan fingerprint density at radius 3 is 2.58 bits per heavy atom.